The highest BCUT2D eigenvalue weighted by molar-refractivity contribution is 9.10. The number of hydrogen-bond donors (Lipinski definition) is 1. The summed E-state index contributed by atoms with van der Waals surface area (Å²) in [5.41, 5.74) is 2.25. The van der Waals surface area contributed by atoms with E-state index in [9.17, 15) is 4.79 Å². The minimum absolute atomic E-state index is 0.0883. The molecule has 5 heterocycles. The van der Waals surface area contributed by atoms with Gasteiger partial charge in [0.25, 0.3) is 0 Å². The van der Waals surface area contributed by atoms with Crippen LogP contribution < -0.4 is 5.32 Å². The number of benzene rings is 1. The number of piperazine rings is 1. The normalized spacial score (nSPS) is 21.4. The lowest BCUT2D eigenvalue weighted by Gasteiger charge is -2.33. The zero-order chi connectivity index (χ0) is 22.9. The fourth-order valence-corrected chi connectivity index (χ4v) is 5.44. The monoisotopic (exact) mass is 509 g/mol. The van der Waals surface area contributed by atoms with Crippen LogP contribution in [0.1, 0.15) is 13.3 Å². The highest BCUT2D eigenvalue weighted by Gasteiger charge is 2.44. The van der Waals surface area contributed by atoms with Gasteiger partial charge in [-0.25, -0.2) is 9.97 Å². The maximum atomic E-state index is 13.3. The zero-order valence-electron chi connectivity index (χ0n) is 18.6. The van der Waals surface area contributed by atoms with Crippen LogP contribution in [0, 0.1) is 0 Å². The smallest absolute Gasteiger partial charge is 0.245 e. The molecule has 0 unspecified atom stereocenters. The van der Waals surface area contributed by atoms with Crippen molar-refractivity contribution in [3.63, 3.8) is 0 Å². The van der Waals surface area contributed by atoms with Gasteiger partial charge in [-0.05, 0) is 48.5 Å². The Bertz CT molecular complexity index is 1390. The Morgan fingerprint density at radius 1 is 1.21 bits per heavy atom. The van der Waals surface area contributed by atoms with Gasteiger partial charge in [0.15, 0.2) is 11.5 Å². The first-order valence-corrected chi connectivity index (χ1v) is 11.8. The number of likely N-dealkylation sites (tertiary alicyclic amines) is 2. The molecule has 2 saturated heterocycles. The van der Waals surface area contributed by atoms with Crippen LogP contribution in [0.2, 0.25) is 0 Å². The number of rotatable bonds is 4. The first-order chi connectivity index (χ1) is 15.9. The number of halogens is 1. The Hall–Kier alpha value is -3.05. The number of carbonyl (C=O) groups excluding carboxylic acids is 1. The van der Waals surface area contributed by atoms with E-state index in [0.717, 1.165) is 40.4 Å². The number of likely N-dealkylation sites (N-methyl/N-ethyl adjacent to an activating group) is 1. The summed E-state index contributed by atoms with van der Waals surface area (Å²) in [5.74, 6) is 1.12. The number of nitrogens with zero attached hydrogens (tertiary/aromatic N) is 8. The molecule has 0 spiro atoms. The summed E-state index contributed by atoms with van der Waals surface area (Å²) >= 11 is 3.61. The van der Waals surface area contributed by atoms with Crippen LogP contribution in [0.5, 0.6) is 0 Å². The van der Waals surface area contributed by atoms with Crippen molar-refractivity contribution in [3.05, 3.63) is 35.1 Å². The van der Waals surface area contributed by atoms with E-state index in [2.05, 4.69) is 38.3 Å². The van der Waals surface area contributed by atoms with Crippen LogP contribution >= 0.6 is 15.9 Å². The second kappa shape index (κ2) is 7.49. The first-order valence-electron chi connectivity index (χ1n) is 11.0. The molecule has 3 atom stereocenters. The molecule has 1 aromatic carbocycles. The maximum absolute atomic E-state index is 13.3. The van der Waals surface area contributed by atoms with Crippen LogP contribution in [0.15, 0.2) is 35.1 Å². The molecule has 2 fully saturated rings. The average Bonchev–Trinajstić information content (AvgIpc) is 3.56. The van der Waals surface area contributed by atoms with E-state index in [4.69, 9.17) is 15.1 Å². The van der Waals surface area contributed by atoms with E-state index in [0.29, 0.717) is 29.5 Å². The van der Waals surface area contributed by atoms with E-state index in [1.54, 1.807) is 15.4 Å². The summed E-state index contributed by atoms with van der Waals surface area (Å²) in [7, 11) is 3.99. The average molecular weight is 510 g/mol. The Morgan fingerprint density at radius 2 is 2.06 bits per heavy atom. The third-order valence-electron chi connectivity index (χ3n) is 6.73. The minimum atomic E-state index is -0.448. The molecule has 6 rings (SSSR count). The predicted octanol–water partition coefficient (Wildman–Crippen LogP) is 2.16. The number of nitrogens with one attached hydrogen (secondary N) is 1. The van der Waals surface area contributed by atoms with E-state index < -0.39 is 6.04 Å². The van der Waals surface area contributed by atoms with Crippen molar-refractivity contribution in [2.75, 3.05) is 25.5 Å². The lowest BCUT2D eigenvalue weighted by molar-refractivity contribution is -0.133. The molecule has 10 nitrogen and oxygen atoms in total. The molecule has 2 bridgehead atoms. The third-order valence-corrected chi connectivity index (χ3v) is 7.37. The minimum Gasteiger partial charge on any atom is -0.343 e. The molecule has 0 aliphatic carbocycles. The summed E-state index contributed by atoms with van der Waals surface area (Å²) in [6, 6.07) is 6.17. The second-order valence-corrected chi connectivity index (χ2v) is 9.84. The van der Waals surface area contributed by atoms with Gasteiger partial charge in [0, 0.05) is 48.3 Å². The number of anilines is 1. The topological polar surface area (TPSA) is 96.5 Å². The maximum Gasteiger partial charge on any atom is 0.245 e. The molecule has 11 heteroatoms. The summed E-state index contributed by atoms with van der Waals surface area (Å²) in [5, 5.41) is 13.1. The van der Waals surface area contributed by atoms with Crippen molar-refractivity contribution < 1.29 is 4.79 Å². The van der Waals surface area contributed by atoms with Gasteiger partial charge in [-0.15, -0.1) is 5.10 Å². The highest BCUT2D eigenvalue weighted by atomic mass is 79.9. The number of hydrogen-bond acceptors (Lipinski definition) is 7. The SMILES string of the molecule is C[C@@H](Nc1nc2c(Br)cccc2c2nc(-c3cnn(C)c3)nn12)C(=O)N1C[C@@H]2C[C@H]1CN2C. The van der Waals surface area contributed by atoms with Crippen molar-refractivity contribution in [2.45, 2.75) is 31.5 Å². The molecule has 170 valence electrons. The summed E-state index contributed by atoms with van der Waals surface area (Å²) in [4.78, 5) is 27.3. The van der Waals surface area contributed by atoms with Crippen molar-refractivity contribution >= 4 is 44.3 Å². The molecule has 4 aromatic rings. The van der Waals surface area contributed by atoms with Crippen LogP contribution in [0.3, 0.4) is 0 Å². The standard InChI is InChI=1S/C22H24BrN9O/c1-12(21(33)31-11-14-7-15(31)10-29(14)2)25-22-26-18-16(5-4-6-17(18)23)20-27-19(28-32(20)22)13-8-24-30(3)9-13/h4-6,8-9,12,14-15H,7,10-11H2,1-3H3,(H,25,26)/t12-,14+,15+/m1/s1. The number of carbonyl (C=O) groups is 1. The van der Waals surface area contributed by atoms with Crippen LogP contribution in [-0.2, 0) is 11.8 Å². The number of aryl methyl sites for hydroxylation is 1. The quantitative estimate of drug-likeness (QED) is 0.450. The van der Waals surface area contributed by atoms with E-state index in [1.165, 1.54) is 0 Å². The van der Waals surface area contributed by atoms with Crippen molar-refractivity contribution in [3.8, 4) is 11.4 Å². The predicted molar refractivity (Wildman–Crippen MR) is 128 cm³/mol. The number of amides is 1. The molecule has 0 radical (unpaired) electrons. The molecule has 1 N–H and O–H groups in total. The van der Waals surface area contributed by atoms with Gasteiger partial charge in [-0.3, -0.25) is 14.4 Å². The number of fused-ring (bicyclic) bond motifs is 5. The molecule has 0 saturated carbocycles. The first kappa shape index (κ1) is 20.5. The Morgan fingerprint density at radius 3 is 2.76 bits per heavy atom. The molecule has 1 amide bonds. The molecule has 2 aliphatic heterocycles. The number of aromatic nitrogens is 6. The van der Waals surface area contributed by atoms with E-state index in [1.807, 2.05) is 43.3 Å². The summed E-state index contributed by atoms with van der Waals surface area (Å²) < 4.78 is 4.26. The third kappa shape index (κ3) is 3.29. The van der Waals surface area contributed by atoms with Crippen molar-refractivity contribution in [1.82, 2.24) is 39.2 Å². The van der Waals surface area contributed by atoms with Gasteiger partial charge >= 0.3 is 0 Å². The zero-order valence-corrected chi connectivity index (χ0v) is 20.2. The summed E-state index contributed by atoms with van der Waals surface area (Å²) in [6.45, 7) is 3.60. The van der Waals surface area contributed by atoms with Crippen LogP contribution in [-0.4, -0.2) is 83.3 Å². The Balaban J connectivity index is 1.40. The Labute approximate surface area is 198 Å². The Kier molecular flexibility index (Phi) is 4.66. The van der Waals surface area contributed by atoms with Gasteiger partial charge in [0.1, 0.15) is 6.04 Å². The lowest BCUT2D eigenvalue weighted by Crippen LogP contribution is -2.51. The summed E-state index contributed by atoms with van der Waals surface area (Å²) in [6.07, 6.45) is 4.66. The van der Waals surface area contributed by atoms with Gasteiger partial charge in [-0.1, -0.05) is 6.07 Å². The van der Waals surface area contributed by atoms with Crippen molar-refractivity contribution in [2.24, 2.45) is 7.05 Å². The lowest BCUT2D eigenvalue weighted by atomic mass is 10.2. The van der Waals surface area contributed by atoms with E-state index >= 15 is 0 Å². The molecular formula is C22H24BrN9O. The molecular weight excluding hydrogens is 486 g/mol. The van der Waals surface area contributed by atoms with E-state index in [-0.39, 0.29) is 5.91 Å². The number of para-hydroxylation sites is 1. The largest absolute Gasteiger partial charge is 0.343 e. The highest BCUT2D eigenvalue weighted by Crippen LogP contribution is 2.31. The molecule has 3 aromatic heterocycles. The van der Waals surface area contributed by atoms with Gasteiger partial charge in [0.05, 0.1) is 17.3 Å². The van der Waals surface area contributed by atoms with Gasteiger partial charge < -0.3 is 10.2 Å². The van der Waals surface area contributed by atoms with Gasteiger partial charge in [-0.2, -0.15) is 9.61 Å². The molecule has 33 heavy (non-hydrogen) atoms. The van der Waals surface area contributed by atoms with Gasteiger partial charge in [0.2, 0.25) is 11.9 Å². The fraction of sp³-hybridized carbons (Fsp3) is 0.409. The van der Waals surface area contributed by atoms with Crippen LogP contribution in [0.25, 0.3) is 27.9 Å². The molecule has 2 aliphatic rings. The van der Waals surface area contributed by atoms with Crippen molar-refractivity contribution in [1.29, 1.82) is 0 Å². The fourth-order valence-electron chi connectivity index (χ4n) is 4.99. The second-order valence-electron chi connectivity index (χ2n) is 8.98. The van der Waals surface area contributed by atoms with Crippen LogP contribution in [0.4, 0.5) is 5.95 Å².